The van der Waals surface area contributed by atoms with Crippen LogP contribution in [-0.4, -0.2) is 24.5 Å². The van der Waals surface area contributed by atoms with Crippen molar-refractivity contribution in [2.75, 3.05) is 6.61 Å². The van der Waals surface area contributed by atoms with E-state index in [9.17, 15) is 14.0 Å². The summed E-state index contributed by atoms with van der Waals surface area (Å²) in [7, 11) is 0. The Kier molecular flexibility index (Phi) is 5.95. The van der Waals surface area contributed by atoms with Crippen molar-refractivity contribution in [3.05, 3.63) is 34.6 Å². The summed E-state index contributed by atoms with van der Waals surface area (Å²) in [5, 5.41) is 2.65. The lowest BCUT2D eigenvalue weighted by molar-refractivity contribution is -0.125. The second-order valence-corrected chi connectivity index (χ2v) is 5.21. The third-order valence-corrected chi connectivity index (χ3v) is 3.19. The fourth-order valence-corrected chi connectivity index (χ4v) is 1.57. The summed E-state index contributed by atoms with van der Waals surface area (Å²) in [5.74, 6) is -1.42. The zero-order valence-corrected chi connectivity index (χ0v) is 12.3. The lowest BCUT2D eigenvalue weighted by Gasteiger charge is -2.17. The first kappa shape index (κ1) is 16.4. The van der Waals surface area contributed by atoms with Crippen molar-refractivity contribution < 1.29 is 18.7 Å². The zero-order chi connectivity index (χ0) is 15.3. The highest BCUT2D eigenvalue weighted by Crippen LogP contribution is 2.18. The summed E-state index contributed by atoms with van der Waals surface area (Å²) in [6.07, 6.45) is 0. The number of ether oxygens (including phenoxy) is 1. The van der Waals surface area contributed by atoms with Gasteiger partial charge in [-0.2, -0.15) is 0 Å². The summed E-state index contributed by atoms with van der Waals surface area (Å²) in [6.45, 7) is 5.40. The zero-order valence-electron chi connectivity index (χ0n) is 11.6. The minimum absolute atomic E-state index is 0.0180. The van der Waals surface area contributed by atoms with Crippen molar-refractivity contribution in [3.8, 4) is 0 Å². The van der Waals surface area contributed by atoms with E-state index in [-0.39, 0.29) is 22.5 Å². The molecule has 1 N–H and O–H groups in total. The van der Waals surface area contributed by atoms with Gasteiger partial charge in [-0.05, 0) is 31.0 Å². The lowest BCUT2D eigenvalue weighted by Crippen LogP contribution is -2.38. The molecule has 1 amide bonds. The fraction of sp³-hybridized carbons (Fsp3) is 0.429. The van der Waals surface area contributed by atoms with Gasteiger partial charge in [-0.1, -0.05) is 25.4 Å². The maximum absolute atomic E-state index is 12.8. The van der Waals surface area contributed by atoms with Gasteiger partial charge in [0.2, 0.25) is 0 Å². The summed E-state index contributed by atoms with van der Waals surface area (Å²) >= 11 is 5.72. The molecule has 1 aromatic carbocycles. The van der Waals surface area contributed by atoms with Gasteiger partial charge in [0, 0.05) is 6.04 Å². The molecule has 0 saturated carbocycles. The van der Waals surface area contributed by atoms with Gasteiger partial charge in [0.15, 0.2) is 6.61 Å². The third-order valence-electron chi connectivity index (χ3n) is 2.87. The second-order valence-electron chi connectivity index (χ2n) is 4.80. The Bertz CT molecular complexity index is 505. The molecule has 0 aliphatic heterocycles. The van der Waals surface area contributed by atoms with Crippen LogP contribution in [0.15, 0.2) is 18.2 Å². The SMILES string of the molecule is CC(C)[C@H](C)NC(=O)COC(=O)c1ccc(F)cc1Cl. The van der Waals surface area contributed by atoms with E-state index in [0.29, 0.717) is 0 Å². The average molecular weight is 302 g/mol. The topological polar surface area (TPSA) is 55.4 Å². The molecule has 0 aliphatic rings. The van der Waals surface area contributed by atoms with Gasteiger partial charge >= 0.3 is 5.97 Å². The number of halogens is 2. The van der Waals surface area contributed by atoms with Crippen molar-refractivity contribution in [3.63, 3.8) is 0 Å². The van der Waals surface area contributed by atoms with E-state index in [1.807, 2.05) is 20.8 Å². The number of hydrogen-bond acceptors (Lipinski definition) is 3. The Balaban J connectivity index is 2.53. The van der Waals surface area contributed by atoms with Gasteiger partial charge in [0.1, 0.15) is 5.82 Å². The number of nitrogens with one attached hydrogen (secondary N) is 1. The Labute approximate surface area is 122 Å². The van der Waals surface area contributed by atoms with E-state index >= 15 is 0 Å². The van der Waals surface area contributed by atoms with Crippen molar-refractivity contribution >= 4 is 23.5 Å². The van der Waals surface area contributed by atoms with E-state index in [0.717, 1.165) is 12.1 Å². The predicted molar refractivity (Wildman–Crippen MR) is 74.1 cm³/mol. The van der Waals surface area contributed by atoms with Gasteiger partial charge < -0.3 is 10.1 Å². The second kappa shape index (κ2) is 7.24. The Hall–Kier alpha value is -1.62. The van der Waals surface area contributed by atoms with Crippen LogP contribution in [-0.2, 0) is 9.53 Å². The van der Waals surface area contributed by atoms with Crippen LogP contribution in [0.25, 0.3) is 0 Å². The maximum Gasteiger partial charge on any atom is 0.340 e. The Morgan fingerprint density at radius 1 is 1.35 bits per heavy atom. The lowest BCUT2D eigenvalue weighted by atomic mass is 10.1. The maximum atomic E-state index is 12.8. The number of hydrogen-bond donors (Lipinski definition) is 1. The van der Waals surface area contributed by atoms with Gasteiger partial charge in [0.05, 0.1) is 10.6 Å². The molecule has 110 valence electrons. The molecule has 0 bridgehead atoms. The van der Waals surface area contributed by atoms with Crippen molar-refractivity contribution in [1.29, 1.82) is 0 Å². The molecule has 4 nitrogen and oxygen atoms in total. The van der Waals surface area contributed by atoms with E-state index in [1.54, 1.807) is 0 Å². The highest BCUT2D eigenvalue weighted by atomic mass is 35.5. The summed E-state index contributed by atoms with van der Waals surface area (Å²) < 4.78 is 17.7. The van der Waals surface area contributed by atoms with Crippen molar-refractivity contribution in [1.82, 2.24) is 5.32 Å². The first-order valence-electron chi connectivity index (χ1n) is 6.22. The summed E-state index contributed by atoms with van der Waals surface area (Å²) in [6, 6.07) is 3.31. The van der Waals surface area contributed by atoms with Crippen LogP contribution in [0, 0.1) is 11.7 Å². The molecule has 1 atom stereocenters. The minimum atomic E-state index is -0.762. The standard InChI is InChI=1S/C14H17ClFNO3/c1-8(2)9(3)17-13(18)7-20-14(19)11-5-4-10(16)6-12(11)15/h4-6,8-9H,7H2,1-3H3,(H,17,18)/t9-/m0/s1. The third kappa shape index (κ3) is 4.81. The molecular formula is C14H17ClFNO3. The van der Waals surface area contributed by atoms with Crippen LogP contribution in [0.3, 0.4) is 0 Å². The van der Waals surface area contributed by atoms with Gasteiger partial charge in [-0.25, -0.2) is 9.18 Å². The van der Waals surface area contributed by atoms with E-state index in [2.05, 4.69) is 5.32 Å². The number of carbonyl (C=O) groups is 2. The Morgan fingerprint density at radius 2 is 2.00 bits per heavy atom. The van der Waals surface area contributed by atoms with Crippen molar-refractivity contribution in [2.24, 2.45) is 5.92 Å². The summed E-state index contributed by atoms with van der Waals surface area (Å²) in [4.78, 5) is 23.2. The van der Waals surface area contributed by atoms with Gasteiger partial charge in [0.25, 0.3) is 5.91 Å². The van der Waals surface area contributed by atoms with Crippen LogP contribution in [0.4, 0.5) is 4.39 Å². The smallest absolute Gasteiger partial charge is 0.340 e. The predicted octanol–water partition coefficient (Wildman–Crippen LogP) is 2.80. The molecular weight excluding hydrogens is 285 g/mol. The van der Waals surface area contributed by atoms with Crippen LogP contribution in [0.5, 0.6) is 0 Å². The molecule has 1 rings (SSSR count). The number of carbonyl (C=O) groups excluding carboxylic acids is 2. The van der Waals surface area contributed by atoms with Crippen LogP contribution >= 0.6 is 11.6 Å². The minimum Gasteiger partial charge on any atom is -0.452 e. The van der Waals surface area contributed by atoms with E-state index in [1.165, 1.54) is 6.07 Å². The molecule has 6 heteroatoms. The van der Waals surface area contributed by atoms with Crippen LogP contribution in [0.1, 0.15) is 31.1 Å². The van der Waals surface area contributed by atoms with Gasteiger partial charge in [-0.3, -0.25) is 4.79 Å². The molecule has 1 aromatic rings. The highest BCUT2D eigenvalue weighted by Gasteiger charge is 2.16. The molecule has 0 radical (unpaired) electrons. The first-order valence-corrected chi connectivity index (χ1v) is 6.60. The van der Waals surface area contributed by atoms with E-state index in [4.69, 9.17) is 16.3 Å². The monoisotopic (exact) mass is 301 g/mol. The van der Waals surface area contributed by atoms with E-state index < -0.39 is 24.3 Å². The Morgan fingerprint density at radius 3 is 2.55 bits per heavy atom. The number of rotatable bonds is 5. The number of esters is 1. The number of benzene rings is 1. The first-order chi connectivity index (χ1) is 9.31. The quantitative estimate of drug-likeness (QED) is 0.851. The molecule has 0 aliphatic carbocycles. The molecule has 0 fully saturated rings. The van der Waals surface area contributed by atoms with Crippen LogP contribution in [0.2, 0.25) is 5.02 Å². The molecule has 0 heterocycles. The van der Waals surface area contributed by atoms with Crippen LogP contribution < -0.4 is 5.32 Å². The number of amides is 1. The average Bonchev–Trinajstić information content (AvgIpc) is 2.35. The highest BCUT2D eigenvalue weighted by molar-refractivity contribution is 6.33. The van der Waals surface area contributed by atoms with Crippen molar-refractivity contribution in [2.45, 2.75) is 26.8 Å². The largest absolute Gasteiger partial charge is 0.452 e. The normalized spacial score (nSPS) is 12.1. The molecule has 0 aromatic heterocycles. The fourth-order valence-electron chi connectivity index (χ4n) is 1.33. The molecule has 0 spiro atoms. The molecule has 0 saturated heterocycles. The van der Waals surface area contributed by atoms with Gasteiger partial charge in [-0.15, -0.1) is 0 Å². The molecule has 20 heavy (non-hydrogen) atoms. The molecule has 0 unspecified atom stereocenters. The summed E-state index contributed by atoms with van der Waals surface area (Å²) in [5.41, 5.74) is 0.0257.